The number of carbonyl (C=O) groups excluding carboxylic acids is 1. The Morgan fingerprint density at radius 1 is 1.19 bits per heavy atom. The van der Waals surface area contributed by atoms with Crippen LogP contribution in [0, 0.1) is 4.91 Å². The Hall–Kier alpha value is -4.29. The summed E-state index contributed by atoms with van der Waals surface area (Å²) in [6.45, 7) is -0.114. The fourth-order valence-corrected chi connectivity index (χ4v) is 3.03. The van der Waals surface area contributed by atoms with Gasteiger partial charge in [0, 0.05) is 30.8 Å². The van der Waals surface area contributed by atoms with E-state index in [1.165, 1.54) is 23.2 Å². The quantitative estimate of drug-likeness (QED) is 0.457. The maximum Gasteiger partial charge on any atom is 0.433 e. The Morgan fingerprint density at radius 2 is 2.00 bits per heavy atom. The second-order valence-electron chi connectivity index (χ2n) is 6.61. The molecule has 3 heterocycles. The Labute approximate surface area is 177 Å². The van der Waals surface area contributed by atoms with Crippen LogP contribution in [0.25, 0.3) is 10.9 Å². The van der Waals surface area contributed by atoms with E-state index in [4.69, 9.17) is 4.74 Å². The minimum absolute atomic E-state index is 0.114. The number of aryl methyl sites for hydroxylation is 1. The third kappa shape index (κ3) is 4.26. The first-order valence-electron chi connectivity index (χ1n) is 9.06. The van der Waals surface area contributed by atoms with Crippen LogP contribution in [-0.2, 0) is 19.8 Å². The number of hydrogen-bond acceptors (Lipinski definition) is 7. The van der Waals surface area contributed by atoms with Gasteiger partial charge in [0.15, 0.2) is 5.82 Å². The number of halogens is 3. The summed E-state index contributed by atoms with van der Waals surface area (Å²) in [6, 6.07) is 8.05. The van der Waals surface area contributed by atoms with Crippen LogP contribution in [0.5, 0.6) is 11.6 Å². The summed E-state index contributed by atoms with van der Waals surface area (Å²) >= 11 is 0. The number of hydrogen-bond donors (Lipinski definition) is 1. The molecule has 4 aromatic rings. The van der Waals surface area contributed by atoms with Gasteiger partial charge in [0.2, 0.25) is 5.88 Å². The topological polar surface area (TPSA) is 116 Å². The summed E-state index contributed by atoms with van der Waals surface area (Å²) in [4.78, 5) is 30.8. The molecular formula is C19H14F3N7O3. The molecule has 1 amide bonds. The lowest BCUT2D eigenvalue weighted by atomic mass is 10.2. The number of aromatic nitrogens is 5. The predicted octanol–water partition coefficient (Wildman–Crippen LogP) is 4.32. The summed E-state index contributed by atoms with van der Waals surface area (Å²) in [5.74, 6) is 0.403. The number of carbonyl (C=O) groups is 1. The minimum Gasteiger partial charge on any atom is -0.439 e. The number of anilines is 1. The van der Waals surface area contributed by atoms with Gasteiger partial charge in [0.1, 0.15) is 24.3 Å². The van der Waals surface area contributed by atoms with Crippen LogP contribution in [0.3, 0.4) is 0 Å². The lowest BCUT2D eigenvalue weighted by Gasteiger charge is -2.07. The van der Waals surface area contributed by atoms with Crippen molar-refractivity contribution in [2.45, 2.75) is 12.7 Å². The first kappa shape index (κ1) is 21.0. The number of nitrogens with one attached hydrogen (secondary N) is 1. The van der Waals surface area contributed by atoms with E-state index < -0.39 is 17.9 Å². The molecule has 0 aliphatic heterocycles. The number of alkyl halides is 3. The molecule has 164 valence electrons. The number of ether oxygens (including phenoxy) is 1. The second-order valence-corrected chi connectivity index (χ2v) is 6.61. The minimum atomic E-state index is -4.59. The maximum atomic E-state index is 12.9. The molecule has 32 heavy (non-hydrogen) atoms. The molecule has 1 aromatic carbocycles. The lowest BCUT2D eigenvalue weighted by Crippen LogP contribution is -2.18. The van der Waals surface area contributed by atoms with Crippen molar-refractivity contribution in [3.63, 3.8) is 0 Å². The molecule has 0 aliphatic rings. The monoisotopic (exact) mass is 445 g/mol. The van der Waals surface area contributed by atoms with Crippen molar-refractivity contribution in [3.05, 3.63) is 65.2 Å². The van der Waals surface area contributed by atoms with E-state index in [0.29, 0.717) is 27.0 Å². The average Bonchev–Trinajstić information content (AvgIpc) is 3.31. The van der Waals surface area contributed by atoms with E-state index in [1.54, 1.807) is 24.3 Å². The molecule has 0 bridgehead atoms. The van der Waals surface area contributed by atoms with Gasteiger partial charge < -0.3 is 4.74 Å². The fraction of sp³-hybridized carbons (Fsp3) is 0.158. The third-order valence-electron chi connectivity index (χ3n) is 4.43. The second kappa shape index (κ2) is 8.09. The Kier molecular flexibility index (Phi) is 5.30. The van der Waals surface area contributed by atoms with Gasteiger partial charge in [-0.25, -0.2) is 14.8 Å². The number of amides is 1. The molecule has 13 heteroatoms. The van der Waals surface area contributed by atoms with Crippen molar-refractivity contribution in [2.75, 3.05) is 5.32 Å². The molecule has 0 saturated heterocycles. The molecule has 0 atom stereocenters. The van der Waals surface area contributed by atoms with Crippen molar-refractivity contribution in [2.24, 2.45) is 12.2 Å². The van der Waals surface area contributed by atoms with E-state index in [-0.39, 0.29) is 18.2 Å². The number of benzene rings is 1. The van der Waals surface area contributed by atoms with Gasteiger partial charge in [-0.1, -0.05) is 5.18 Å². The number of nitrogens with zero attached hydrogens (tertiary/aromatic N) is 6. The van der Waals surface area contributed by atoms with Crippen molar-refractivity contribution in [1.29, 1.82) is 0 Å². The molecule has 0 unspecified atom stereocenters. The zero-order valence-electron chi connectivity index (χ0n) is 16.4. The van der Waals surface area contributed by atoms with Crippen LogP contribution in [0.2, 0.25) is 0 Å². The molecule has 10 nitrogen and oxygen atoms in total. The van der Waals surface area contributed by atoms with Crippen molar-refractivity contribution < 1.29 is 22.7 Å². The largest absolute Gasteiger partial charge is 0.439 e. The highest BCUT2D eigenvalue weighted by atomic mass is 19.4. The third-order valence-corrected chi connectivity index (χ3v) is 4.43. The average molecular weight is 445 g/mol. The molecule has 1 N–H and O–H groups in total. The van der Waals surface area contributed by atoms with E-state index in [2.05, 4.69) is 25.6 Å². The van der Waals surface area contributed by atoms with Gasteiger partial charge >= 0.3 is 12.2 Å². The van der Waals surface area contributed by atoms with Gasteiger partial charge in [0.25, 0.3) is 0 Å². The SMILES string of the molecule is Cn1nc(NC(=O)n2ccc3cc(Oc4cc(CN=O)ncn4)ccc32)cc1C(F)(F)F. The van der Waals surface area contributed by atoms with Crippen LogP contribution in [0.4, 0.5) is 23.8 Å². The highest BCUT2D eigenvalue weighted by Crippen LogP contribution is 2.30. The lowest BCUT2D eigenvalue weighted by molar-refractivity contribution is -0.143. The van der Waals surface area contributed by atoms with Gasteiger partial charge in [0.05, 0.1) is 11.2 Å². The van der Waals surface area contributed by atoms with Crippen LogP contribution in [0.15, 0.2) is 54.1 Å². The normalized spacial score (nSPS) is 11.5. The first-order valence-corrected chi connectivity index (χ1v) is 9.06. The molecule has 0 radical (unpaired) electrons. The molecule has 0 spiro atoms. The Bertz CT molecular complexity index is 1310. The van der Waals surface area contributed by atoms with E-state index >= 15 is 0 Å². The van der Waals surface area contributed by atoms with Gasteiger partial charge in [-0.3, -0.25) is 14.6 Å². The smallest absolute Gasteiger partial charge is 0.433 e. The fourth-order valence-electron chi connectivity index (χ4n) is 3.03. The van der Waals surface area contributed by atoms with Crippen molar-refractivity contribution in [3.8, 4) is 11.6 Å². The number of nitroso groups, excluding NO2 is 1. The molecular weight excluding hydrogens is 431 g/mol. The summed E-state index contributed by atoms with van der Waals surface area (Å²) in [6.07, 6.45) is -1.87. The first-order chi connectivity index (χ1) is 15.2. The Balaban J connectivity index is 1.53. The highest BCUT2D eigenvalue weighted by Gasteiger charge is 2.35. The summed E-state index contributed by atoms with van der Waals surface area (Å²) in [5.41, 5.74) is -0.0868. The highest BCUT2D eigenvalue weighted by molar-refractivity contribution is 5.98. The van der Waals surface area contributed by atoms with E-state index in [0.717, 1.165) is 13.1 Å². The van der Waals surface area contributed by atoms with Gasteiger partial charge in [-0.2, -0.15) is 23.2 Å². The summed E-state index contributed by atoms with van der Waals surface area (Å²) in [7, 11) is 1.14. The Morgan fingerprint density at radius 3 is 2.72 bits per heavy atom. The van der Waals surface area contributed by atoms with Gasteiger partial charge in [-0.15, -0.1) is 0 Å². The molecule has 4 rings (SSSR count). The maximum absolute atomic E-state index is 12.9. The molecule has 0 aliphatic carbocycles. The zero-order valence-corrected chi connectivity index (χ0v) is 16.4. The predicted molar refractivity (Wildman–Crippen MR) is 106 cm³/mol. The molecule has 0 saturated carbocycles. The summed E-state index contributed by atoms with van der Waals surface area (Å²) in [5, 5.41) is 9.44. The number of rotatable bonds is 5. The molecule has 0 fully saturated rings. The summed E-state index contributed by atoms with van der Waals surface area (Å²) < 4.78 is 46.3. The van der Waals surface area contributed by atoms with E-state index in [1.807, 2.05) is 0 Å². The van der Waals surface area contributed by atoms with Crippen molar-refractivity contribution in [1.82, 2.24) is 24.3 Å². The van der Waals surface area contributed by atoms with Crippen molar-refractivity contribution >= 4 is 22.8 Å². The van der Waals surface area contributed by atoms with Gasteiger partial charge in [-0.05, 0) is 24.3 Å². The van der Waals surface area contributed by atoms with Crippen LogP contribution in [-0.4, -0.2) is 30.3 Å². The van der Waals surface area contributed by atoms with Crippen LogP contribution >= 0.6 is 0 Å². The molecule has 3 aromatic heterocycles. The van der Waals surface area contributed by atoms with Crippen LogP contribution < -0.4 is 10.1 Å². The standard InChI is InChI=1S/C19H14F3N7O3/c1-28-15(19(20,21)22)8-16(27-28)26-18(30)29-5-4-11-6-13(2-3-14(11)29)32-17-7-12(9-25-31)23-10-24-17/h2-8,10H,9H2,1H3,(H,26,27,30). The zero-order chi connectivity index (χ0) is 22.9. The van der Waals surface area contributed by atoms with E-state index in [9.17, 15) is 22.9 Å². The number of fused-ring (bicyclic) bond motifs is 1. The van der Waals surface area contributed by atoms with Crippen LogP contribution in [0.1, 0.15) is 11.4 Å².